The molecule has 0 bridgehead atoms. The fraction of sp³-hybridized carbons (Fsp3) is 0. The van der Waals surface area contributed by atoms with Crippen LogP contribution in [0.1, 0.15) is 15.9 Å². The Kier molecular flexibility index (Phi) is 3.64. The van der Waals surface area contributed by atoms with Crippen LogP contribution < -0.4 is 0 Å². The van der Waals surface area contributed by atoms with Gasteiger partial charge in [0.25, 0.3) is 0 Å². The molecule has 0 heterocycles. The van der Waals surface area contributed by atoms with Gasteiger partial charge in [0.05, 0.1) is 10.6 Å². The molecule has 18 heavy (non-hydrogen) atoms. The molecule has 0 saturated carbocycles. The Bertz CT molecular complexity index is 626. The molecule has 0 aliphatic rings. The van der Waals surface area contributed by atoms with E-state index in [-0.39, 0.29) is 16.1 Å². The van der Waals surface area contributed by atoms with Crippen LogP contribution >= 0.6 is 23.2 Å². The highest BCUT2D eigenvalue weighted by atomic mass is 35.5. The molecule has 0 N–H and O–H groups in total. The van der Waals surface area contributed by atoms with Crippen molar-refractivity contribution in [2.24, 2.45) is 0 Å². The SMILES string of the molecule is O=C(c1ccc(Cl)cc1Cl)c1cccc(F)c1F. The van der Waals surface area contributed by atoms with Crippen LogP contribution in [0.2, 0.25) is 10.0 Å². The van der Waals surface area contributed by atoms with E-state index >= 15 is 0 Å². The second-order valence-electron chi connectivity index (χ2n) is 3.55. The van der Waals surface area contributed by atoms with Gasteiger partial charge < -0.3 is 0 Å². The summed E-state index contributed by atoms with van der Waals surface area (Å²) in [6.07, 6.45) is 0. The van der Waals surface area contributed by atoms with Gasteiger partial charge in [-0.1, -0.05) is 29.3 Å². The van der Waals surface area contributed by atoms with Crippen molar-refractivity contribution in [3.8, 4) is 0 Å². The van der Waals surface area contributed by atoms with Crippen LogP contribution in [-0.2, 0) is 0 Å². The van der Waals surface area contributed by atoms with Crippen LogP contribution in [0.5, 0.6) is 0 Å². The minimum atomic E-state index is -1.19. The van der Waals surface area contributed by atoms with Crippen molar-refractivity contribution in [2.45, 2.75) is 0 Å². The van der Waals surface area contributed by atoms with Crippen LogP contribution in [0.15, 0.2) is 36.4 Å². The molecule has 0 aliphatic carbocycles. The summed E-state index contributed by atoms with van der Waals surface area (Å²) in [7, 11) is 0. The van der Waals surface area contributed by atoms with Crippen molar-refractivity contribution < 1.29 is 13.6 Å². The summed E-state index contributed by atoms with van der Waals surface area (Å²) in [5, 5.41) is 0.451. The lowest BCUT2D eigenvalue weighted by molar-refractivity contribution is 0.103. The second kappa shape index (κ2) is 5.04. The van der Waals surface area contributed by atoms with Crippen LogP contribution in [0.25, 0.3) is 0 Å². The molecule has 0 spiro atoms. The highest BCUT2D eigenvalue weighted by Gasteiger charge is 2.18. The van der Waals surface area contributed by atoms with E-state index in [2.05, 4.69) is 0 Å². The van der Waals surface area contributed by atoms with Gasteiger partial charge in [-0.3, -0.25) is 4.79 Å². The number of rotatable bonds is 2. The molecule has 0 aliphatic heterocycles. The lowest BCUT2D eigenvalue weighted by atomic mass is 10.0. The summed E-state index contributed by atoms with van der Waals surface area (Å²) < 4.78 is 26.5. The molecule has 1 nitrogen and oxygen atoms in total. The van der Waals surface area contributed by atoms with Gasteiger partial charge in [0.1, 0.15) is 0 Å². The van der Waals surface area contributed by atoms with Crippen molar-refractivity contribution in [1.29, 1.82) is 0 Å². The Labute approximate surface area is 112 Å². The van der Waals surface area contributed by atoms with Gasteiger partial charge in [-0.05, 0) is 30.3 Å². The molecular formula is C13H6Cl2F2O. The maximum Gasteiger partial charge on any atom is 0.197 e. The molecule has 0 radical (unpaired) electrons. The lowest BCUT2D eigenvalue weighted by Gasteiger charge is -2.05. The van der Waals surface area contributed by atoms with Gasteiger partial charge in [0.2, 0.25) is 0 Å². The minimum absolute atomic E-state index is 0.0746. The fourth-order valence-electron chi connectivity index (χ4n) is 1.50. The standard InChI is InChI=1S/C13H6Cl2F2O/c14-7-4-5-8(10(15)6-7)13(18)9-2-1-3-11(16)12(9)17/h1-6H. The zero-order chi connectivity index (χ0) is 13.3. The zero-order valence-electron chi connectivity index (χ0n) is 8.88. The predicted molar refractivity (Wildman–Crippen MR) is 66.3 cm³/mol. The quantitative estimate of drug-likeness (QED) is 0.743. The van der Waals surface area contributed by atoms with Gasteiger partial charge in [-0.25, -0.2) is 8.78 Å². The summed E-state index contributed by atoms with van der Waals surface area (Å²) in [5.74, 6) is -2.95. The summed E-state index contributed by atoms with van der Waals surface area (Å²) in [6, 6.07) is 7.60. The highest BCUT2D eigenvalue weighted by Crippen LogP contribution is 2.24. The highest BCUT2D eigenvalue weighted by molar-refractivity contribution is 6.37. The van der Waals surface area contributed by atoms with Crippen LogP contribution in [0.3, 0.4) is 0 Å². The minimum Gasteiger partial charge on any atom is -0.288 e. The van der Waals surface area contributed by atoms with Crippen molar-refractivity contribution in [3.63, 3.8) is 0 Å². The molecular weight excluding hydrogens is 281 g/mol. The summed E-state index contributed by atoms with van der Waals surface area (Å²) >= 11 is 11.5. The normalized spacial score (nSPS) is 10.4. The molecule has 2 aromatic carbocycles. The summed E-state index contributed by atoms with van der Waals surface area (Å²) in [4.78, 5) is 12.0. The predicted octanol–water partition coefficient (Wildman–Crippen LogP) is 4.50. The van der Waals surface area contributed by atoms with E-state index < -0.39 is 17.4 Å². The van der Waals surface area contributed by atoms with Gasteiger partial charge in [0, 0.05) is 10.6 Å². The lowest BCUT2D eigenvalue weighted by Crippen LogP contribution is -2.06. The largest absolute Gasteiger partial charge is 0.288 e. The van der Waals surface area contributed by atoms with Crippen molar-refractivity contribution in [1.82, 2.24) is 0 Å². The average molecular weight is 287 g/mol. The number of hydrogen-bond acceptors (Lipinski definition) is 1. The third kappa shape index (κ3) is 2.37. The van der Waals surface area contributed by atoms with E-state index in [0.717, 1.165) is 6.07 Å². The van der Waals surface area contributed by atoms with Crippen LogP contribution in [-0.4, -0.2) is 5.78 Å². The third-order valence-corrected chi connectivity index (χ3v) is 2.92. The van der Waals surface area contributed by atoms with E-state index in [4.69, 9.17) is 23.2 Å². The van der Waals surface area contributed by atoms with Gasteiger partial charge >= 0.3 is 0 Å². The van der Waals surface area contributed by atoms with E-state index in [9.17, 15) is 13.6 Å². The van der Waals surface area contributed by atoms with Gasteiger partial charge in [0.15, 0.2) is 17.4 Å². The molecule has 2 rings (SSSR count). The number of hydrogen-bond donors (Lipinski definition) is 0. The summed E-state index contributed by atoms with van der Waals surface area (Å²) in [5.41, 5.74) is -0.287. The summed E-state index contributed by atoms with van der Waals surface area (Å²) in [6.45, 7) is 0. The first-order valence-electron chi connectivity index (χ1n) is 4.94. The Balaban J connectivity index is 2.51. The fourth-order valence-corrected chi connectivity index (χ4v) is 1.99. The Morgan fingerprint density at radius 1 is 1.00 bits per heavy atom. The monoisotopic (exact) mass is 286 g/mol. The third-order valence-electron chi connectivity index (χ3n) is 2.37. The number of carbonyl (C=O) groups is 1. The zero-order valence-corrected chi connectivity index (χ0v) is 10.4. The molecule has 0 unspecified atom stereocenters. The van der Waals surface area contributed by atoms with Gasteiger partial charge in [-0.2, -0.15) is 0 Å². The van der Waals surface area contributed by atoms with Crippen LogP contribution in [0, 0.1) is 11.6 Å². The van der Waals surface area contributed by atoms with E-state index in [1.165, 1.54) is 30.3 Å². The number of halogens is 4. The smallest absolute Gasteiger partial charge is 0.197 e. The van der Waals surface area contributed by atoms with Crippen molar-refractivity contribution in [2.75, 3.05) is 0 Å². The molecule has 0 fully saturated rings. The molecule has 0 atom stereocenters. The number of benzene rings is 2. The maximum atomic E-state index is 13.5. The first kappa shape index (κ1) is 13.0. The first-order valence-corrected chi connectivity index (χ1v) is 5.70. The van der Waals surface area contributed by atoms with E-state index in [1.807, 2.05) is 0 Å². The molecule has 92 valence electrons. The Hall–Kier alpha value is -1.45. The topological polar surface area (TPSA) is 17.1 Å². The molecule has 5 heteroatoms. The molecule has 2 aromatic rings. The van der Waals surface area contributed by atoms with E-state index in [1.54, 1.807) is 0 Å². The Morgan fingerprint density at radius 3 is 2.39 bits per heavy atom. The van der Waals surface area contributed by atoms with E-state index in [0.29, 0.717) is 5.02 Å². The Morgan fingerprint density at radius 2 is 1.72 bits per heavy atom. The molecule has 0 aromatic heterocycles. The van der Waals surface area contributed by atoms with Crippen molar-refractivity contribution >= 4 is 29.0 Å². The maximum absolute atomic E-state index is 13.5. The van der Waals surface area contributed by atoms with Gasteiger partial charge in [-0.15, -0.1) is 0 Å². The van der Waals surface area contributed by atoms with Crippen LogP contribution in [0.4, 0.5) is 8.78 Å². The van der Waals surface area contributed by atoms with Crippen molar-refractivity contribution in [3.05, 3.63) is 69.2 Å². The molecule has 0 amide bonds. The molecule has 0 saturated heterocycles. The first-order chi connectivity index (χ1) is 8.50. The average Bonchev–Trinajstić information content (AvgIpc) is 2.32. The number of carbonyl (C=O) groups excluding carboxylic acids is 1. The number of ketones is 1. The second-order valence-corrected chi connectivity index (χ2v) is 4.40.